The van der Waals surface area contributed by atoms with Gasteiger partial charge in [0, 0.05) is 11.5 Å². The highest BCUT2D eigenvalue weighted by molar-refractivity contribution is 9.10. The molecule has 1 aromatic rings. The van der Waals surface area contributed by atoms with E-state index >= 15 is 0 Å². The quantitative estimate of drug-likeness (QED) is 0.892. The predicted molar refractivity (Wildman–Crippen MR) is 81.8 cm³/mol. The monoisotopic (exact) mass is 359 g/mol. The summed E-state index contributed by atoms with van der Waals surface area (Å²) in [4.78, 5) is 0. The van der Waals surface area contributed by atoms with E-state index < -0.39 is 9.84 Å². The molecule has 1 aliphatic carbocycles. The normalized spacial score (nSPS) is 24.8. The minimum Gasteiger partial charge on any atom is -0.487 e. The summed E-state index contributed by atoms with van der Waals surface area (Å²) >= 11 is 3.51. The zero-order chi connectivity index (χ0) is 14.5. The summed E-state index contributed by atoms with van der Waals surface area (Å²) < 4.78 is 28.8. The van der Waals surface area contributed by atoms with Gasteiger partial charge < -0.3 is 10.5 Å². The molecule has 2 fully saturated rings. The lowest BCUT2D eigenvalue weighted by Gasteiger charge is -2.27. The van der Waals surface area contributed by atoms with Gasteiger partial charge in [-0.15, -0.1) is 0 Å². The van der Waals surface area contributed by atoms with Gasteiger partial charge in [-0.2, -0.15) is 0 Å². The largest absolute Gasteiger partial charge is 0.487 e. The minimum absolute atomic E-state index is 0.112. The number of benzene rings is 1. The van der Waals surface area contributed by atoms with Crippen LogP contribution in [0.15, 0.2) is 22.7 Å². The minimum atomic E-state index is -2.85. The van der Waals surface area contributed by atoms with Gasteiger partial charge in [-0.25, -0.2) is 8.42 Å². The van der Waals surface area contributed by atoms with Gasteiger partial charge in [0.05, 0.1) is 16.0 Å². The lowest BCUT2D eigenvalue weighted by atomic mass is 9.89. The van der Waals surface area contributed by atoms with Crippen LogP contribution in [0, 0.1) is 0 Å². The Kier molecular flexibility index (Phi) is 3.38. The molecule has 0 bridgehead atoms. The molecular weight excluding hydrogens is 342 g/mol. The molecule has 6 heteroatoms. The first kappa shape index (κ1) is 14.4. The molecule has 1 heterocycles. The molecule has 0 amide bonds. The van der Waals surface area contributed by atoms with Gasteiger partial charge in [0.15, 0.2) is 9.84 Å². The average Bonchev–Trinajstić information content (AvgIpc) is 3.10. The van der Waals surface area contributed by atoms with E-state index in [1.54, 1.807) is 0 Å². The number of halogens is 1. The SMILES string of the molecule is CC(N)C1(c2ccc(OC3CS(=O)(=O)C3)c(Br)c2)CC1. The third-order valence-corrected chi connectivity index (χ3v) is 6.72. The van der Waals surface area contributed by atoms with Gasteiger partial charge in [0.1, 0.15) is 11.9 Å². The first-order valence-electron chi connectivity index (χ1n) is 6.75. The van der Waals surface area contributed by atoms with E-state index in [0.29, 0.717) is 5.75 Å². The van der Waals surface area contributed by atoms with E-state index in [1.165, 1.54) is 5.56 Å². The topological polar surface area (TPSA) is 69.4 Å². The molecular formula is C14H18BrNO3S. The maximum absolute atomic E-state index is 11.1. The van der Waals surface area contributed by atoms with Gasteiger partial charge in [0.2, 0.25) is 0 Å². The van der Waals surface area contributed by atoms with Crippen molar-refractivity contribution in [3.63, 3.8) is 0 Å². The maximum Gasteiger partial charge on any atom is 0.157 e. The van der Waals surface area contributed by atoms with Crippen LogP contribution < -0.4 is 10.5 Å². The Hall–Kier alpha value is -0.590. The Balaban J connectivity index is 1.75. The lowest BCUT2D eigenvalue weighted by molar-refractivity contribution is 0.229. The van der Waals surface area contributed by atoms with Crippen molar-refractivity contribution in [2.45, 2.75) is 37.3 Å². The van der Waals surface area contributed by atoms with Crippen LogP contribution in [-0.2, 0) is 15.3 Å². The zero-order valence-electron chi connectivity index (χ0n) is 11.3. The van der Waals surface area contributed by atoms with Crippen LogP contribution in [0.2, 0.25) is 0 Å². The molecule has 0 radical (unpaired) electrons. The van der Waals surface area contributed by atoms with Crippen molar-refractivity contribution in [2.24, 2.45) is 5.73 Å². The lowest BCUT2D eigenvalue weighted by Crippen LogP contribution is -2.45. The molecule has 3 rings (SSSR count). The van der Waals surface area contributed by atoms with E-state index in [-0.39, 0.29) is 29.1 Å². The summed E-state index contributed by atoms with van der Waals surface area (Å²) in [5.41, 5.74) is 7.42. The van der Waals surface area contributed by atoms with E-state index in [2.05, 4.69) is 22.0 Å². The van der Waals surface area contributed by atoms with Crippen molar-refractivity contribution < 1.29 is 13.2 Å². The van der Waals surface area contributed by atoms with Gasteiger partial charge in [-0.1, -0.05) is 6.07 Å². The number of sulfone groups is 1. The molecule has 1 saturated heterocycles. The molecule has 1 atom stereocenters. The van der Waals surface area contributed by atoms with Crippen molar-refractivity contribution in [3.8, 4) is 5.75 Å². The molecule has 0 aromatic heterocycles. The Bertz CT molecular complexity index is 626. The van der Waals surface area contributed by atoms with Crippen LogP contribution in [0.5, 0.6) is 5.75 Å². The fourth-order valence-electron chi connectivity index (χ4n) is 2.81. The van der Waals surface area contributed by atoms with Gasteiger partial charge in [-0.3, -0.25) is 0 Å². The Morgan fingerprint density at radius 3 is 2.50 bits per heavy atom. The highest BCUT2D eigenvalue weighted by atomic mass is 79.9. The number of ether oxygens (including phenoxy) is 1. The molecule has 1 aromatic carbocycles. The fraction of sp³-hybridized carbons (Fsp3) is 0.571. The van der Waals surface area contributed by atoms with Crippen molar-refractivity contribution in [2.75, 3.05) is 11.5 Å². The van der Waals surface area contributed by atoms with Crippen LogP contribution in [0.3, 0.4) is 0 Å². The molecule has 20 heavy (non-hydrogen) atoms. The molecule has 1 aliphatic heterocycles. The zero-order valence-corrected chi connectivity index (χ0v) is 13.7. The Morgan fingerprint density at radius 2 is 2.05 bits per heavy atom. The molecule has 0 spiro atoms. The Labute approximate surface area is 127 Å². The van der Waals surface area contributed by atoms with Gasteiger partial charge >= 0.3 is 0 Å². The second-order valence-electron chi connectivity index (χ2n) is 5.91. The van der Waals surface area contributed by atoms with Crippen molar-refractivity contribution >= 4 is 25.8 Å². The first-order chi connectivity index (χ1) is 9.32. The molecule has 2 aliphatic rings. The third-order valence-electron chi connectivity index (χ3n) is 4.34. The Morgan fingerprint density at radius 1 is 1.40 bits per heavy atom. The van der Waals surface area contributed by atoms with Crippen LogP contribution in [0.1, 0.15) is 25.3 Å². The summed E-state index contributed by atoms with van der Waals surface area (Å²) in [6.45, 7) is 2.05. The van der Waals surface area contributed by atoms with Crippen molar-refractivity contribution in [1.29, 1.82) is 0 Å². The van der Waals surface area contributed by atoms with Gasteiger partial charge in [-0.05, 0) is 53.4 Å². The standard InChI is InChI=1S/C14H18BrNO3S/c1-9(16)14(4-5-14)10-2-3-13(12(15)6-10)19-11-7-20(17,18)8-11/h2-3,6,9,11H,4-5,7-8,16H2,1H3. The summed E-state index contributed by atoms with van der Waals surface area (Å²) in [5.74, 6) is 0.935. The predicted octanol–water partition coefficient (Wildman–Crippen LogP) is 2.00. The van der Waals surface area contributed by atoms with Crippen molar-refractivity contribution in [3.05, 3.63) is 28.2 Å². The second-order valence-corrected chi connectivity index (χ2v) is 8.91. The third kappa shape index (κ3) is 2.49. The summed E-state index contributed by atoms with van der Waals surface area (Å²) in [6.07, 6.45) is 2.03. The number of nitrogens with two attached hydrogens (primary N) is 1. The van der Waals surface area contributed by atoms with Crippen LogP contribution in [-0.4, -0.2) is 32.1 Å². The number of hydrogen-bond acceptors (Lipinski definition) is 4. The van der Waals surface area contributed by atoms with E-state index in [0.717, 1.165) is 17.3 Å². The fourth-order valence-corrected chi connectivity index (χ4v) is 4.46. The molecule has 2 N–H and O–H groups in total. The first-order valence-corrected chi connectivity index (χ1v) is 9.36. The molecule has 1 unspecified atom stereocenters. The van der Waals surface area contributed by atoms with E-state index in [9.17, 15) is 8.42 Å². The summed E-state index contributed by atoms with van der Waals surface area (Å²) in [7, 11) is -2.85. The smallest absolute Gasteiger partial charge is 0.157 e. The van der Waals surface area contributed by atoms with E-state index in [4.69, 9.17) is 10.5 Å². The van der Waals surface area contributed by atoms with Gasteiger partial charge in [0.25, 0.3) is 0 Å². The van der Waals surface area contributed by atoms with Crippen LogP contribution >= 0.6 is 15.9 Å². The molecule has 4 nitrogen and oxygen atoms in total. The van der Waals surface area contributed by atoms with Crippen molar-refractivity contribution in [1.82, 2.24) is 0 Å². The van der Waals surface area contributed by atoms with Crippen LogP contribution in [0.25, 0.3) is 0 Å². The van der Waals surface area contributed by atoms with E-state index in [1.807, 2.05) is 19.1 Å². The average molecular weight is 360 g/mol. The maximum atomic E-state index is 11.1. The highest BCUT2D eigenvalue weighted by Gasteiger charge is 2.47. The molecule has 1 saturated carbocycles. The van der Waals surface area contributed by atoms with Crippen LogP contribution in [0.4, 0.5) is 0 Å². The second kappa shape index (κ2) is 4.71. The summed E-state index contributed by atoms with van der Waals surface area (Å²) in [6, 6.07) is 6.15. The highest BCUT2D eigenvalue weighted by Crippen LogP contribution is 2.51. The summed E-state index contributed by atoms with van der Waals surface area (Å²) in [5, 5.41) is 0. The number of rotatable bonds is 4. The molecule has 110 valence electrons. The number of hydrogen-bond donors (Lipinski definition) is 1.